The van der Waals surface area contributed by atoms with Gasteiger partial charge in [0.05, 0.1) is 6.21 Å². The molecule has 1 N–H and O–H groups in total. The van der Waals surface area contributed by atoms with Gasteiger partial charge in [0, 0.05) is 0 Å². The summed E-state index contributed by atoms with van der Waals surface area (Å²) in [5, 5.41) is 4.92. The molecule has 14 heavy (non-hydrogen) atoms. The van der Waals surface area contributed by atoms with Gasteiger partial charge in [0.15, 0.2) is 5.17 Å². The Bertz CT molecular complexity index is 359. The topological polar surface area (TPSA) is 36.8 Å². The number of hydrogen-bond donors (Lipinski definition) is 1. The fraction of sp³-hybridized carbons (Fsp3) is 0.200. The summed E-state index contributed by atoms with van der Waals surface area (Å²) in [6, 6.07) is 10.2. The van der Waals surface area contributed by atoms with Gasteiger partial charge in [-0.1, -0.05) is 42.1 Å². The smallest absolute Gasteiger partial charge is 0.177 e. The molecule has 0 aromatic heterocycles. The Labute approximate surface area is 87.3 Å². The molecular formula is C10H11N3S. The van der Waals surface area contributed by atoms with E-state index in [0.29, 0.717) is 0 Å². The number of hydrazone groups is 1. The SMILES string of the molecule is CSC1=NC(c2ccccc2)C=NN1. The van der Waals surface area contributed by atoms with Crippen LogP contribution in [0.3, 0.4) is 0 Å². The molecular weight excluding hydrogens is 194 g/mol. The highest BCUT2D eigenvalue weighted by Gasteiger charge is 2.11. The number of nitrogens with one attached hydrogen (secondary N) is 1. The van der Waals surface area contributed by atoms with Crippen LogP contribution in [-0.4, -0.2) is 17.6 Å². The Balaban J connectivity index is 2.23. The molecule has 1 atom stereocenters. The van der Waals surface area contributed by atoms with Crippen molar-refractivity contribution in [3.8, 4) is 0 Å². The monoisotopic (exact) mass is 205 g/mol. The number of amidine groups is 1. The molecule has 0 saturated carbocycles. The third-order valence-electron chi connectivity index (χ3n) is 1.97. The van der Waals surface area contributed by atoms with Crippen molar-refractivity contribution in [3.63, 3.8) is 0 Å². The molecule has 1 heterocycles. The Morgan fingerprint density at radius 2 is 2.07 bits per heavy atom. The van der Waals surface area contributed by atoms with Crippen LogP contribution >= 0.6 is 11.8 Å². The van der Waals surface area contributed by atoms with Crippen molar-refractivity contribution in [2.75, 3.05) is 6.26 Å². The standard InChI is InChI=1S/C10H11N3S/c1-14-10-12-9(7-11-13-10)8-5-3-2-4-6-8/h2-7,9H,1H3,(H,12,13). The number of benzene rings is 1. The van der Waals surface area contributed by atoms with Crippen molar-refractivity contribution in [3.05, 3.63) is 35.9 Å². The third kappa shape index (κ3) is 1.96. The number of hydrogen-bond acceptors (Lipinski definition) is 4. The number of thioether (sulfide) groups is 1. The minimum atomic E-state index is 0.0555. The number of aliphatic imine (C=N–C) groups is 1. The molecule has 0 aliphatic carbocycles. The lowest BCUT2D eigenvalue weighted by Crippen LogP contribution is -2.20. The molecule has 0 spiro atoms. The van der Waals surface area contributed by atoms with E-state index in [0.717, 1.165) is 5.17 Å². The lowest BCUT2D eigenvalue weighted by atomic mass is 10.1. The van der Waals surface area contributed by atoms with Crippen LogP contribution in [0.2, 0.25) is 0 Å². The van der Waals surface area contributed by atoms with Crippen LogP contribution < -0.4 is 5.43 Å². The molecule has 0 radical (unpaired) electrons. The highest BCUT2D eigenvalue weighted by molar-refractivity contribution is 8.13. The zero-order valence-corrected chi connectivity index (χ0v) is 8.66. The lowest BCUT2D eigenvalue weighted by Gasteiger charge is -2.14. The van der Waals surface area contributed by atoms with Crippen molar-refractivity contribution in [1.82, 2.24) is 5.43 Å². The van der Waals surface area contributed by atoms with Crippen molar-refractivity contribution >= 4 is 23.1 Å². The second kappa shape index (κ2) is 4.28. The Kier molecular flexibility index (Phi) is 2.84. The molecule has 1 aliphatic rings. The van der Waals surface area contributed by atoms with E-state index in [9.17, 15) is 0 Å². The predicted molar refractivity (Wildman–Crippen MR) is 61.8 cm³/mol. The van der Waals surface area contributed by atoms with Crippen molar-refractivity contribution in [2.45, 2.75) is 6.04 Å². The average Bonchev–Trinajstić information content (AvgIpc) is 2.30. The minimum absolute atomic E-state index is 0.0555. The largest absolute Gasteiger partial charge is 0.256 e. The normalized spacial score (nSPS) is 20.1. The van der Waals surface area contributed by atoms with E-state index in [1.165, 1.54) is 5.56 Å². The summed E-state index contributed by atoms with van der Waals surface area (Å²) in [7, 11) is 0. The maximum Gasteiger partial charge on any atom is 0.177 e. The summed E-state index contributed by atoms with van der Waals surface area (Å²) in [6.45, 7) is 0. The van der Waals surface area contributed by atoms with Crippen molar-refractivity contribution in [1.29, 1.82) is 0 Å². The Hall–Kier alpha value is -1.29. The molecule has 1 aromatic rings. The Morgan fingerprint density at radius 3 is 2.79 bits per heavy atom. The molecule has 0 bridgehead atoms. The first-order valence-electron chi connectivity index (χ1n) is 4.36. The number of rotatable bonds is 1. The summed E-state index contributed by atoms with van der Waals surface area (Å²) >= 11 is 1.57. The molecule has 1 aliphatic heterocycles. The van der Waals surface area contributed by atoms with Crippen LogP contribution in [-0.2, 0) is 0 Å². The molecule has 0 amide bonds. The van der Waals surface area contributed by atoms with E-state index in [-0.39, 0.29) is 6.04 Å². The van der Waals surface area contributed by atoms with Gasteiger partial charge >= 0.3 is 0 Å². The van der Waals surface area contributed by atoms with Crippen LogP contribution in [0, 0.1) is 0 Å². The molecule has 2 rings (SSSR count). The van der Waals surface area contributed by atoms with Crippen LogP contribution in [0.25, 0.3) is 0 Å². The van der Waals surface area contributed by atoms with Crippen LogP contribution in [0.1, 0.15) is 11.6 Å². The second-order valence-electron chi connectivity index (χ2n) is 2.88. The maximum atomic E-state index is 4.49. The highest BCUT2D eigenvalue weighted by atomic mass is 32.2. The minimum Gasteiger partial charge on any atom is -0.256 e. The zero-order chi connectivity index (χ0) is 9.80. The van der Waals surface area contributed by atoms with Gasteiger partial charge in [-0.15, -0.1) is 0 Å². The van der Waals surface area contributed by atoms with Gasteiger partial charge in [-0.2, -0.15) is 5.10 Å². The molecule has 0 saturated heterocycles. The summed E-state index contributed by atoms with van der Waals surface area (Å²) < 4.78 is 0. The fourth-order valence-corrected chi connectivity index (χ4v) is 1.62. The first kappa shape index (κ1) is 9.27. The predicted octanol–water partition coefficient (Wildman–Crippen LogP) is 2.04. The average molecular weight is 205 g/mol. The maximum absolute atomic E-state index is 4.49. The van der Waals surface area contributed by atoms with Crippen LogP contribution in [0.4, 0.5) is 0 Å². The summed E-state index contributed by atoms with van der Waals surface area (Å²) in [6.07, 6.45) is 3.80. The summed E-state index contributed by atoms with van der Waals surface area (Å²) in [5.74, 6) is 0. The van der Waals surface area contributed by atoms with Gasteiger partial charge in [0.2, 0.25) is 0 Å². The summed E-state index contributed by atoms with van der Waals surface area (Å²) in [5.41, 5.74) is 4.02. The molecule has 1 unspecified atom stereocenters. The van der Waals surface area contributed by atoms with E-state index in [4.69, 9.17) is 0 Å². The van der Waals surface area contributed by atoms with E-state index in [1.54, 1.807) is 11.8 Å². The molecule has 1 aromatic carbocycles. The van der Waals surface area contributed by atoms with Crippen molar-refractivity contribution in [2.24, 2.45) is 10.1 Å². The molecule has 0 fully saturated rings. The number of nitrogens with zero attached hydrogens (tertiary/aromatic N) is 2. The van der Waals surface area contributed by atoms with Crippen molar-refractivity contribution < 1.29 is 0 Å². The van der Waals surface area contributed by atoms with Crippen LogP contribution in [0.5, 0.6) is 0 Å². The van der Waals surface area contributed by atoms with E-state index >= 15 is 0 Å². The lowest BCUT2D eigenvalue weighted by molar-refractivity contribution is 0.895. The molecule has 3 nitrogen and oxygen atoms in total. The zero-order valence-electron chi connectivity index (χ0n) is 7.84. The molecule has 72 valence electrons. The third-order valence-corrected chi connectivity index (χ3v) is 2.55. The van der Waals surface area contributed by atoms with E-state index in [1.807, 2.05) is 30.7 Å². The van der Waals surface area contributed by atoms with Gasteiger partial charge < -0.3 is 0 Å². The van der Waals surface area contributed by atoms with Gasteiger partial charge in [-0.3, -0.25) is 5.43 Å². The van der Waals surface area contributed by atoms with E-state index in [2.05, 4.69) is 27.7 Å². The first-order chi connectivity index (χ1) is 6.90. The summed E-state index contributed by atoms with van der Waals surface area (Å²) in [4.78, 5) is 4.49. The van der Waals surface area contributed by atoms with Gasteiger partial charge in [-0.25, -0.2) is 4.99 Å². The molecule has 4 heteroatoms. The highest BCUT2D eigenvalue weighted by Crippen LogP contribution is 2.18. The second-order valence-corrected chi connectivity index (χ2v) is 3.68. The quantitative estimate of drug-likeness (QED) is 0.761. The first-order valence-corrected chi connectivity index (χ1v) is 5.58. The van der Waals surface area contributed by atoms with Crippen LogP contribution in [0.15, 0.2) is 40.4 Å². The van der Waals surface area contributed by atoms with Gasteiger partial charge in [0.25, 0.3) is 0 Å². The van der Waals surface area contributed by atoms with Gasteiger partial charge in [-0.05, 0) is 11.8 Å². The fourth-order valence-electron chi connectivity index (χ4n) is 1.26. The van der Waals surface area contributed by atoms with Gasteiger partial charge in [0.1, 0.15) is 6.04 Å². The Morgan fingerprint density at radius 1 is 1.29 bits per heavy atom. The van der Waals surface area contributed by atoms with E-state index < -0.39 is 0 Å².